The van der Waals surface area contributed by atoms with Crippen molar-refractivity contribution >= 4 is 23.5 Å². The second-order valence-corrected chi connectivity index (χ2v) is 8.17. The van der Waals surface area contributed by atoms with Gasteiger partial charge in [0.25, 0.3) is 0 Å². The summed E-state index contributed by atoms with van der Waals surface area (Å²) in [4.78, 5) is 50.9. The van der Waals surface area contributed by atoms with Crippen LogP contribution in [0.4, 0.5) is 0 Å². The SMILES string of the molecule is C=C(C)C(=O)Oc1ccc2c(c1)C(=O)c1cc(OC(=O)C(=C)C)c3c(c1C2=O)CCCC3. The Morgan fingerprint density at radius 3 is 2.06 bits per heavy atom. The molecule has 0 saturated heterocycles. The van der Waals surface area contributed by atoms with Crippen LogP contribution in [0.15, 0.2) is 48.6 Å². The maximum absolute atomic E-state index is 13.4. The van der Waals surface area contributed by atoms with E-state index in [1.165, 1.54) is 31.2 Å². The molecule has 2 aromatic carbocycles. The van der Waals surface area contributed by atoms with Gasteiger partial charge in [-0.15, -0.1) is 0 Å². The van der Waals surface area contributed by atoms with Crippen LogP contribution in [0, 0.1) is 0 Å². The van der Waals surface area contributed by atoms with E-state index < -0.39 is 11.9 Å². The number of rotatable bonds is 4. The van der Waals surface area contributed by atoms with Gasteiger partial charge >= 0.3 is 11.9 Å². The van der Waals surface area contributed by atoms with E-state index in [1.54, 1.807) is 6.92 Å². The van der Waals surface area contributed by atoms with Gasteiger partial charge in [-0.05, 0) is 74.9 Å². The maximum Gasteiger partial charge on any atom is 0.338 e. The highest BCUT2D eigenvalue weighted by Gasteiger charge is 2.35. The number of fused-ring (bicyclic) bond motifs is 4. The highest BCUT2D eigenvalue weighted by Crippen LogP contribution is 2.40. The fraction of sp³-hybridized carbons (Fsp3) is 0.231. The van der Waals surface area contributed by atoms with Crippen LogP contribution in [0.25, 0.3) is 0 Å². The van der Waals surface area contributed by atoms with Crippen LogP contribution in [0.5, 0.6) is 11.5 Å². The molecule has 162 valence electrons. The zero-order chi connectivity index (χ0) is 23.2. The second-order valence-electron chi connectivity index (χ2n) is 8.17. The third kappa shape index (κ3) is 3.58. The van der Waals surface area contributed by atoms with Crippen molar-refractivity contribution < 1.29 is 28.7 Å². The molecule has 0 heterocycles. The molecule has 0 saturated carbocycles. The lowest BCUT2D eigenvalue weighted by atomic mass is 9.76. The van der Waals surface area contributed by atoms with Gasteiger partial charge in [-0.25, -0.2) is 9.59 Å². The number of hydrogen-bond donors (Lipinski definition) is 0. The molecule has 0 bridgehead atoms. The number of carbonyl (C=O) groups excluding carboxylic acids is 4. The lowest BCUT2D eigenvalue weighted by molar-refractivity contribution is -0.131. The zero-order valence-corrected chi connectivity index (χ0v) is 18.0. The molecule has 0 fully saturated rings. The van der Waals surface area contributed by atoms with Gasteiger partial charge in [-0.2, -0.15) is 0 Å². The molecule has 0 amide bonds. The van der Waals surface area contributed by atoms with E-state index in [0.717, 1.165) is 24.0 Å². The largest absolute Gasteiger partial charge is 0.423 e. The summed E-state index contributed by atoms with van der Waals surface area (Å²) in [6.45, 7) is 10.2. The van der Waals surface area contributed by atoms with E-state index in [1.807, 2.05) is 0 Å². The zero-order valence-electron chi connectivity index (χ0n) is 18.0. The van der Waals surface area contributed by atoms with Crippen molar-refractivity contribution in [1.82, 2.24) is 0 Å². The van der Waals surface area contributed by atoms with Crippen LogP contribution in [-0.4, -0.2) is 23.5 Å². The van der Waals surface area contributed by atoms with Crippen molar-refractivity contribution in [3.8, 4) is 11.5 Å². The summed E-state index contributed by atoms with van der Waals surface area (Å²) in [5, 5.41) is 0. The van der Waals surface area contributed by atoms with Gasteiger partial charge in [0.1, 0.15) is 11.5 Å². The molecule has 0 atom stereocenters. The summed E-state index contributed by atoms with van der Waals surface area (Å²) in [7, 11) is 0. The van der Waals surface area contributed by atoms with Crippen molar-refractivity contribution in [3.05, 3.63) is 82.0 Å². The first-order valence-electron chi connectivity index (χ1n) is 10.4. The smallest absolute Gasteiger partial charge is 0.338 e. The number of hydrogen-bond acceptors (Lipinski definition) is 6. The molecule has 2 aliphatic carbocycles. The Balaban J connectivity index is 1.84. The minimum Gasteiger partial charge on any atom is -0.423 e. The van der Waals surface area contributed by atoms with Gasteiger partial charge in [-0.3, -0.25) is 9.59 Å². The van der Waals surface area contributed by atoms with Crippen molar-refractivity contribution in [3.63, 3.8) is 0 Å². The summed E-state index contributed by atoms with van der Waals surface area (Å²) in [6.07, 6.45) is 3.06. The predicted molar refractivity (Wildman–Crippen MR) is 117 cm³/mol. The highest BCUT2D eigenvalue weighted by molar-refractivity contribution is 6.29. The number of ketones is 2. The van der Waals surface area contributed by atoms with Crippen molar-refractivity contribution in [2.75, 3.05) is 0 Å². The van der Waals surface area contributed by atoms with Gasteiger partial charge in [0.15, 0.2) is 11.6 Å². The molecule has 2 aliphatic rings. The predicted octanol–water partition coefficient (Wildman–Crippen LogP) is 4.30. The van der Waals surface area contributed by atoms with E-state index in [0.29, 0.717) is 24.2 Å². The Labute approximate surface area is 185 Å². The van der Waals surface area contributed by atoms with Gasteiger partial charge in [-0.1, -0.05) is 13.2 Å². The van der Waals surface area contributed by atoms with Gasteiger partial charge < -0.3 is 9.47 Å². The second kappa shape index (κ2) is 8.04. The van der Waals surface area contributed by atoms with E-state index >= 15 is 0 Å². The van der Waals surface area contributed by atoms with Crippen LogP contribution >= 0.6 is 0 Å². The summed E-state index contributed by atoms with van der Waals surface area (Å²) in [6, 6.07) is 5.86. The van der Waals surface area contributed by atoms with Crippen LogP contribution in [0.3, 0.4) is 0 Å². The molecule has 0 spiro atoms. The van der Waals surface area contributed by atoms with Crippen LogP contribution in [0.1, 0.15) is 69.7 Å². The molecule has 6 heteroatoms. The number of esters is 2. The molecule has 2 aromatic rings. The minimum absolute atomic E-state index is 0.141. The maximum atomic E-state index is 13.4. The first-order valence-corrected chi connectivity index (χ1v) is 10.4. The fourth-order valence-electron chi connectivity index (χ4n) is 4.07. The van der Waals surface area contributed by atoms with Crippen molar-refractivity contribution in [2.45, 2.75) is 39.5 Å². The monoisotopic (exact) mass is 430 g/mol. The quantitative estimate of drug-likeness (QED) is 0.348. The number of benzene rings is 2. The van der Waals surface area contributed by atoms with Crippen molar-refractivity contribution in [1.29, 1.82) is 0 Å². The molecule has 0 aromatic heterocycles. The molecule has 4 rings (SSSR count). The van der Waals surface area contributed by atoms with Gasteiger partial charge in [0, 0.05) is 33.4 Å². The van der Waals surface area contributed by atoms with Crippen LogP contribution in [0.2, 0.25) is 0 Å². The molecule has 32 heavy (non-hydrogen) atoms. The third-order valence-electron chi connectivity index (χ3n) is 5.67. The average molecular weight is 430 g/mol. The molecule has 0 aliphatic heterocycles. The average Bonchev–Trinajstić information content (AvgIpc) is 2.77. The topological polar surface area (TPSA) is 86.7 Å². The number of carbonyl (C=O) groups is 4. The Morgan fingerprint density at radius 2 is 1.41 bits per heavy atom. The molecule has 0 radical (unpaired) electrons. The molecule has 0 unspecified atom stereocenters. The van der Waals surface area contributed by atoms with E-state index in [-0.39, 0.29) is 45.2 Å². The van der Waals surface area contributed by atoms with Crippen molar-refractivity contribution in [2.24, 2.45) is 0 Å². The number of ether oxygens (including phenoxy) is 2. The molecule has 0 N–H and O–H groups in total. The molecular weight excluding hydrogens is 408 g/mol. The fourth-order valence-corrected chi connectivity index (χ4v) is 4.07. The van der Waals surface area contributed by atoms with Gasteiger partial charge in [0.2, 0.25) is 0 Å². The van der Waals surface area contributed by atoms with Gasteiger partial charge in [0.05, 0.1) is 0 Å². The highest BCUT2D eigenvalue weighted by atomic mass is 16.5. The summed E-state index contributed by atoms with van der Waals surface area (Å²) in [5.74, 6) is -1.41. The third-order valence-corrected chi connectivity index (χ3v) is 5.67. The Hall–Kier alpha value is -3.80. The van der Waals surface area contributed by atoms with E-state index in [9.17, 15) is 19.2 Å². The van der Waals surface area contributed by atoms with E-state index in [4.69, 9.17) is 9.47 Å². The molecule has 6 nitrogen and oxygen atoms in total. The first-order chi connectivity index (χ1) is 15.2. The summed E-state index contributed by atoms with van der Waals surface area (Å²) < 4.78 is 10.8. The first kappa shape index (κ1) is 21.4. The Bertz CT molecular complexity index is 1250. The van der Waals surface area contributed by atoms with Crippen LogP contribution < -0.4 is 9.47 Å². The minimum atomic E-state index is -0.622. The Kier molecular flexibility index (Phi) is 5.38. The standard InChI is InChI=1S/C26H22O6/c1-13(2)25(29)31-15-9-10-18-19(11-15)23(27)20-12-21(32-26(30)14(3)4)16-7-5-6-8-17(16)22(20)24(18)28/h9-12H,1,3,5-8H2,2,4H3. The Morgan fingerprint density at radius 1 is 0.781 bits per heavy atom. The summed E-state index contributed by atoms with van der Waals surface area (Å²) >= 11 is 0. The molecular formula is C26H22O6. The normalized spacial score (nSPS) is 14.1. The van der Waals surface area contributed by atoms with E-state index in [2.05, 4.69) is 13.2 Å². The lowest BCUT2D eigenvalue weighted by Gasteiger charge is -2.27. The summed E-state index contributed by atoms with van der Waals surface area (Å²) in [5.41, 5.74) is 2.98. The van der Waals surface area contributed by atoms with Crippen LogP contribution in [-0.2, 0) is 22.4 Å². The lowest BCUT2D eigenvalue weighted by Crippen LogP contribution is -2.25.